The molecule has 1 unspecified atom stereocenters. The van der Waals surface area contributed by atoms with E-state index in [9.17, 15) is 9.90 Å². The molecule has 0 saturated carbocycles. The monoisotopic (exact) mass is 267 g/mol. The lowest BCUT2D eigenvalue weighted by atomic mass is 10.3. The van der Waals surface area contributed by atoms with Crippen LogP contribution in [0.2, 0.25) is 0 Å². The molecule has 104 valence electrons. The Hall–Kier alpha value is -1.57. The average Bonchev–Trinajstić information content (AvgIpc) is 2.47. The highest BCUT2D eigenvalue weighted by Gasteiger charge is 2.16. The third-order valence-corrected chi connectivity index (χ3v) is 2.78. The molecule has 0 aromatic carbocycles. The summed E-state index contributed by atoms with van der Waals surface area (Å²) >= 11 is 0. The van der Waals surface area contributed by atoms with Gasteiger partial charge in [-0.2, -0.15) is 0 Å². The van der Waals surface area contributed by atoms with E-state index in [-0.39, 0.29) is 12.2 Å². The van der Waals surface area contributed by atoms with Gasteiger partial charge in [-0.05, 0) is 0 Å². The molecule has 0 aliphatic carbocycles. The van der Waals surface area contributed by atoms with Gasteiger partial charge in [0, 0.05) is 32.0 Å². The van der Waals surface area contributed by atoms with Crippen LogP contribution in [0, 0.1) is 0 Å². The standard InChI is InChI=1S/C12H17N3O4/c16-11(7-15-1-3-18-4-2-15)8-19-12(17)10-5-13-9-14-6-10/h5-6,9,11,16H,1-4,7-8H2. The summed E-state index contributed by atoms with van der Waals surface area (Å²) in [6.07, 6.45) is 3.39. The van der Waals surface area contributed by atoms with Gasteiger partial charge < -0.3 is 14.6 Å². The predicted molar refractivity (Wildman–Crippen MR) is 65.6 cm³/mol. The molecule has 0 amide bonds. The minimum absolute atomic E-state index is 0.0366. The Morgan fingerprint density at radius 2 is 2.11 bits per heavy atom. The van der Waals surface area contributed by atoms with Crippen LogP contribution in [-0.2, 0) is 9.47 Å². The van der Waals surface area contributed by atoms with Gasteiger partial charge in [-0.15, -0.1) is 0 Å². The van der Waals surface area contributed by atoms with Crippen molar-refractivity contribution in [1.29, 1.82) is 0 Å². The van der Waals surface area contributed by atoms with E-state index in [1.807, 2.05) is 0 Å². The van der Waals surface area contributed by atoms with E-state index in [1.165, 1.54) is 18.7 Å². The lowest BCUT2D eigenvalue weighted by molar-refractivity contribution is -0.00894. The van der Waals surface area contributed by atoms with Crippen molar-refractivity contribution in [2.24, 2.45) is 0 Å². The third-order valence-electron chi connectivity index (χ3n) is 2.78. The fraction of sp³-hybridized carbons (Fsp3) is 0.583. The number of carbonyl (C=O) groups excluding carboxylic acids is 1. The van der Waals surface area contributed by atoms with Gasteiger partial charge in [0.25, 0.3) is 0 Å². The van der Waals surface area contributed by atoms with Crippen LogP contribution in [0.4, 0.5) is 0 Å². The molecule has 1 aromatic rings. The number of hydrogen-bond acceptors (Lipinski definition) is 7. The first-order valence-corrected chi connectivity index (χ1v) is 6.16. The maximum Gasteiger partial charge on any atom is 0.341 e. The summed E-state index contributed by atoms with van der Waals surface area (Å²) in [6, 6.07) is 0. The minimum atomic E-state index is -0.702. The van der Waals surface area contributed by atoms with E-state index >= 15 is 0 Å². The number of esters is 1. The molecular formula is C12H17N3O4. The molecule has 2 rings (SSSR count). The summed E-state index contributed by atoms with van der Waals surface area (Å²) in [7, 11) is 0. The van der Waals surface area contributed by atoms with Gasteiger partial charge in [0.15, 0.2) is 0 Å². The van der Waals surface area contributed by atoms with Gasteiger partial charge in [0.1, 0.15) is 19.0 Å². The van der Waals surface area contributed by atoms with Crippen LogP contribution in [0.15, 0.2) is 18.7 Å². The average molecular weight is 267 g/mol. The van der Waals surface area contributed by atoms with Gasteiger partial charge in [-0.25, -0.2) is 14.8 Å². The lowest BCUT2D eigenvalue weighted by Crippen LogP contribution is -2.42. The third kappa shape index (κ3) is 4.55. The van der Waals surface area contributed by atoms with E-state index in [0.29, 0.717) is 19.8 Å². The number of morpholine rings is 1. The number of β-amino-alcohol motifs (C(OH)–C–C–N with tert-alkyl or cyclic N) is 1. The molecule has 0 radical (unpaired) electrons. The highest BCUT2D eigenvalue weighted by molar-refractivity contribution is 5.88. The van der Waals surface area contributed by atoms with Gasteiger partial charge in [-0.3, -0.25) is 4.90 Å². The van der Waals surface area contributed by atoms with Crippen LogP contribution in [0.1, 0.15) is 10.4 Å². The SMILES string of the molecule is O=C(OCC(O)CN1CCOCC1)c1cncnc1. The largest absolute Gasteiger partial charge is 0.459 e. The van der Waals surface area contributed by atoms with Crippen molar-refractivity contribution >= 4 is 5.97 Å². The second kappa shape index (κ2) is 7.13. The normalized spacial score (nSPS) is 17.9. The Bertz CT molecular complexity index is 395. The Morgan fingerprint density at radius 1 is 1.42 bits per heavy atom. The van der Waals surface area contributed by atoms with Crippen LogP contribution in [-0.4, -0.2) is 71.5 Å². The van der Waals surface area contributed by atoms with E-state index in [1.54, 1.807) is 0 Å². The number of carbonyl (C=O) groups is 1. The number of aliphatic hydroxyl groups excluding tert-OH is 1. The highest BCUT2D eigenvalue weighted by atomic mass is 16.5. The topological polar surface area (TPSA) is 84.8 Å². The van der Waals surface area contributed by atoms with Gasteiger partial charge in [0.2, 0.25) is 0 Å². The number of aliphatic hydroxyl groups is 1. The second-order valence-corrected chi connectivity index (χ2v) is 4.29. The van der Waals surface area contributed by atoms with Crippen molar-refractivity contribution in [3.8, 4) is 0 Å². The Kier molecular flexibility index (Phi) is 5.20. The summed E-state index contributed by atoms with van der Waals surface area (Å²) < 4.78 is 10.2. The molecule has 19 heavy (non-hydrogen) atoms. The fourth-order valence-electron chi connectivity index (χ4n) is 1.79. The van der Waals surface area contributed by atoms with Crippen molar-refractivity contribution in [1.82, 2.24) is 14.9 Å². The van der Waals surface area contributed by atoms with Crippen LogP contribution in [0.3, 0.4) is 0 Å². The molecule has 1 aliphatic rings. The molecule has 1 saturated heterocycles. The zero-order valence-electron chi connectivity index (χ0n) is 10.6. The molecule has 0 spiro atoms. The Balaban J connectivity index is 1.71. The van der Waals surface area contributed by atoms with E-state index in [0.717, 1.165) is 13.1 Å². The number of hydrogen-bond donors (Lipinski definition) is 1. The molecule has 2 heterocycles. The molecule has 1 aromatic heterocycles. The number of aromatic nitrogens is 2. The second-order valence-electron chi connectivity index (χ2n) is 4.29. The van der Waals surface area contributed by atoms with Gasteiger partial charge in [-0.1, -0.05) is 0 Å². The van der Waals surface area contributed by atoms with Gasteiger partial charge >= 0.3 is 5.97 Å². The summed E-state index contributed by atoms with van der Waals surface area (Å²) in [5, 5.41) is 9.81. The first-order chi connectivity index (χ1) is 9.25. The Morgan fingerprint density at radius 3 is 2.79 bits per heavy atom. The lowest BCUT2D eigenvalue weighted by Gasteiger charge is -2.28. The molecule has 1 N–H and O–H groups in total. The maximum atomic E-state index is 11.6. The summed E-state index contributed by atoms with van der Waals surface area (Å²) in [6.45, 7) is 3.36. The van der Waals surface area contributed by atoms with E-state index in [2.05, 4.69) is 14.9 Å². The summed E-state index contributed by atoms with van der Waals surface area (Å²) in [5.41, 5.74) is 0.279. The maximum absolute atomic E-state index is 11.6. The predicted octanol–water partition coefficient (Wildman–Crippen LogP) is -0.673. The molecule has 0 bridgehead atoms. The molecule has 7 nitrogen and oxygen atoms in total. The molecular weight excluding hydrogens is 250 g/mol. The summed E-state index contributed by atoms with van der Waals surface area (Å²) in [5.74, 6) is -0.526. The van der Waals surface area contributed by atoms with Crippen molar-refractivity contribution in [2.75, 3.05) is 39.5 Å². The number of nitrogens with zero attached hydrogens (tertiary/aromatic N) is 3. The van der Waals surface area contributed by atoms with Crippen LogP contribution in [0.5, 0.6) is 0 Å². The summed E-state index contributed by atoms with van der Waals surface area (Å²) in [4.78, 5) is 21.1. The number of rotatable bonds is 5. The van der Waals surface area contributed by atoms with Crippen LogP contribution < -0.4 is 0 Å². The fourth-order valence-corrected chi connectivity index (χ4v) is 1.79. The molecule has 1 atom stereocenters. The van der Waals surface area contributed by atoms with Crippen LogP contribution in [0.25, 0.3) is 0 Å². The molecule has 1 aliphatic heterocycles. The van der Waals surface area contributed by atoms with Crippen molar-refractivity contribution in [3.05, 3.63) is 24.3 Å². The quantitative estimate of drug-likeness (QED) is 0.708. The van der Waals surface area contributed by atoms with E-state index < -0.39 is 12.1 Å². The Labute approximate surface area is 111 Å². The van der Waals surface area contributed by atoms with Crippen LogP contribution >= 0.6 is 0 Å². The zero-order chi connectivity index (χ0) is 13.5. The van der Waals surface area contributed by atoms with Crippen molar-refractivity contribution in [3.63, 3.8) is 0 Å². The van der Waals surface area contributed by atoms with Crippen molar-refractivity contribution < 1.29 is 19.4 Å². The first kappa shape index (κ1) is 13.9. The minimum Gasteiger partial charge on any atom is -0.459 e. The van der Waals surface area contributed by atoms with E-state index in [4.69, 9.17) is 9.47 Å². The zero-order valence-corrected chi connectivity index (χ0v) is 10.6. The van der Waals surface area contributed by atoms with Crippen molar-refractivity contribution in [2.45, 2.75) is 6.10 Å². The molecule has 7 heteroatoms. The highest BCUT2D eigenvalue weighted by Crippen LogP contribution is 2.01. The molecule has 1 fully saturated rings. The smallest absolute Gasteiger partial charge is 0.341 e. The first-order valence-electron chi connectivity index (χ1n) is 6.16. The number of ether oxygens (including phenoxy) is 2. The van der Waals surface area contributed by atoms with Gasteiger partial charge in [0.05, 0.1) is 18.8 Å².